The lowest BCUT2D eigenvalue weighted by Gasteiger charge is -2.23. The van der Waals surface area contributed by atoms with E-state index in [1.807, 2.05) is 91.0 Å². The van der Waals surface area contributed by atoms with Gasteiger partial charge < -0.3 is 16.4 Å². The SMILES string of the molecule is CC(N)C(=O)Nc1cccc(C2CCCCC2)c1.CCCC(NC(=O)C(c1ccccc1)c1ccccc1)c1ccccc1. The Morgan fingerprint density at radius 3 is 1.80 bits per heavy atom. The molecule has 0 saturated heterocycles. The van der Waals surface area contributed by atoms with Crippen molar-refractivity contribution in [3.8, 4) is 0 Å². The predicted octanol–water partition coefficient (Wildman–Crippen LogP) is 8.50. The molecule has 1 fully saturated rings. The van der Waals surface area contributed by atoms with Crippen LogP contribution in [0.5, 0.6) is 0 Å². The Balaban J connectivity index is 0.000000215. The first-order chi connectivity index (χ1) is 21.5. The van der Waals surface area contributed by atoms with Crippen LogP contribution in [0.3, 0.4) is 0 Å². The number of carbonyl (C=O) groups is 2. The summed E-state index contributed by atoms with van der Waals surface area (Å²) in [5, 5.41) is 6.15. The Labute approximate surface area is 263 Å². The minimum absolute atomic E-state index is 0.0311. The fourth-order valence-corrected chi connectivity index (χ4v) is 5.90. The summed E-state index contributed by atoms with van der Waals surface area (Å²) in [5.41, 5.74) is 10.9. The Bertz CT molecular complexity index is 1380. The minimum Gasteiger partial charge on any atom is -0.348 e. The summed E-state index contributed by atoms with van der Waals surface area (Å²) in [5.74, 6) is 0.270. The third-order valence-electron chi connectivity index (χ3n) is 8.27. The summed E-state index contributed by atoms with van der Waals surface area (Å²) in [6, 6.07) is 38.0. The van der Waals surface area contributed by atoms with Gasteiger partial charge in [-0.05, 0) is 66.5 Å². The van der Waals surface area contributed by atoms with Crippen molar-refractivity contribution in [3.63, 3.8) is 0 Å². The fraction of sp³-hybridized carbons (Fsp3) is 0.333. The normalized spacial score (nSPS) is 14.5. The zero-order valence-electron chi connectivity index (χ0n) is 26.1. The highest BCUT2D eigenvalue weighted by molar-refractivity contribution is 5.94. The van der Waals surface area contributed by atoms with Gasteiger partial charge in [0.2, 0.25) is 11.8 Å². The lowest BCUT2D eigenvalue weighted by molar-refractivity contribution is -0.122. The van der Waals surface area contributed by atoms with Crippen LogP contribution in [0.15, 0.2) is 115 Å². The molecule has 4 aromatic carbocycles. The molecule has 5 nitrogen and oxygen atoms in total. The number of carbonyl (C=O) groups excluding carboxylic acids is 2. The first kappa shape index (κ1) is 32.7. The number of amides is 2. The maximum atomic E-state index is 13.3. The molecule has 230 valence electrons. The van der Waals surface area contributed by atoms with Gasteiger partial charge in [-0.3, -0.25) is 9.59 Å². The lowest BCUT2D eigenvalue weighted by Crippen LogP contribution is -2.33. The molecule has 4 N–H and O–H groups in total. The zero-order chi connectivity index (χ0) is 31.1. The third kappa shape index (κ3) is 9.65. The highest BCUT2D eigenvalue weighted by atomic mass is 16.2. The van der Waals surface area contributed by atoms with Crippen molar-refractivity contribution < 1.29 is 9.59 Å². The monoisotopic (exact) mass is 589 g/mol. The van der Waals surface area contributed by atoms with E-state index in [1.54, 1.807) is 6.92 Å². The molecule has 5 heteroatoms. The van der Waals surface area contributed by atoms with E-state index in [1.165, 1.54) is 37.7 Å². The van der Waals surface area contributed by atoms with Gasteiger partial charge in [0, 0.05) is 5.69 Å². The van der Waals surface area contributed by atoms with Crippen molar-refractivity contribution >= 4 is 17.5 Å². The van der Waals surface area contributed by atoms with Crippen LogP contribution in [-0.2, 0) is 9.59 Å². The average molecular weight is 590 g/mol. The van der Waals surface area contributed by atoms with Crippen LogP contribution in [0, 0.1) is 0 Å². The molecule has 1 saturated carbocycles. The molecule has 0 aliphatic heterocycles. The Morgan fingerprint density at radius 2 is 1.27 bits per heavy atom. The first-order valence-corrected chi connectivity index (χ1v) is 16.1. The molecule has 0 bridgehead atoms. The molecular formula is C39H47N3O2. The lowest BCUT2D eigenvalue weighted by atomic mass is 9.84. The van der Waals surface area contributed by atoms with Gasteiger partial charge in [-0.1, -0.05) is 136 Å². The smallest absolute Gasteiger partial charge is 0.240 e. The number of anilines is 1. The summed E-state index contributed by atoms with van der Waals surface area (Å²) >= 11 is 0. The standard InChI is InChI=1S/C24H25NO.C15H22N2O/c1-2-12-22(19-13-6-3-7-14-19)25-24(26)23(20-15-8-4-9-16-20)21-17-10-5-11-18-21;1-11(16)15(18)17-14-9-5-8-13(10-14)12-6-3-2-4-7-12/h3-11,13-18,22-23H,2,12H2,1H3,(H,25,26);5,8-12H,2-4,6-7,16H2,1H3,(H,17,18). The largest absolute Gasteiger partial charge is 0.348 e. The van der Waals surface area contributed by atoms with E-state index in [2.05, 4.69) is 41.8 Å². The number of nitrogens with two attached hydrogens (primary N) is 1. The molecule has 0 heterocycles. The second-order valence-electron chi connectivity index (χ2n) is 11.8. The van der Waals surface area contributed by atoms with Crippen molar-refractivity contribution in [3.05, 3.63) is 138 Å². The van der Waals surface area contributed by atoms with Gasteiger partial charge in [0.25, 0.3) is 0 Å². The second kappa shape index (κ2) is 17.2. The van der Waals surface area contributed by atoms with Crippen molar-refractivity contribution in [1.82, 2.24) is 5.32 Å². The number of hydrogen-bond acceptors (Lipinski definition) is 3. The molecule has 1 aliphatic carbocycles. The van der Waals surface area contributed by atoms with Gasteiger partial charge in [-0.15, -0.1) is 0 Å². The van der Waals surface area contributed by atoms with Crippen molar-refractivity contribution in [2.45, 2.75) is 82.7 Å². The highest BCUT2D eigenvalue weighted by Crippen LogP contribution is 2.33. The summed E-state index contributed by atoms with van der Waals surface area (Å²) in [6.45, 7) is 3.84. The summed E-state index contributed by atoms with van der Waals surface area (Å²) in [6.07, 6.45) is 8.47. The van der Waals surface area contributed by atoms with Gasteiger partial charge in [0.05, 0.1) is 18.0 Å². The predicted molar refractivity (Wildman–Crippen MR) is 182 cm³/mol. The van der Waals surface area contributed by atoms with Crippen LogP contribution >= 0.6 is 0 Å². The minimum atomic E-state index is -0.469. The molecule has 44 heavy (non-hydrogen) atoms. The van der Waals surface area contributed by atoms with Gasteiger partial charge in [-0.25, -0.2) is 0 Å². The van der Waals surface area contributed by atoms with E-state index in [0.29, 0.717) is 5.92 Å². The van der Waals surface area contributed by atoms with E-state index >= 15 is 0 Å². The van der Waals surface area contributed by atoms with E-state index in [4.69, 9.17) is 5.73 Å². The van der Waals surface area contributed by atoms with Gasteiger partial charge in [0.1, 0.15) is 0 Å². The fourth-order valence-electron chi connectivity index (χ4n) is 5.90. The van der Waals surface area contributed by atoms with Gasteiger partial charge in [-0.2, -0.15) is 0 Å². The molecule has 5 rings (SSSR count). The maximum Gasteiger partial charge on any atom is 0.240 e. The molecule has 1 aliphatic rings. The number of nitrogens with one attached hydrogen (secondary N) is 2. The Hall–Kier alpha value is -4.22. The summed E-state index contributed by atoms with van der Waals surface area (Å²) < 4.78 is 0. The average Bonchev–Trinajstić information content (AvgIpc) is 3.07. The number of rotatable bonds is 10. The van der Waals surface area contributed by atoms with Crippen LogP contribution in [0.1, 0.15) is 98.9 Å². The van der Waals surface area contributed by atoms with Gasteiger partial charge >= 0.3 is 0 Å². The van der Waals surface area contributed by atoms with Gasteiger partial charge in [0.15, 0.2) is 0 Å². The molecular weight excluding hydrogens is 542 g/mol. The van der Waals surface area contributed by atoms with E-state index in [-0.39, 0.29) is 23.8 Å². The van der Waals surface area contributed by atoms with Crippen molar-refractivity contribution in [2.24, 2.45) is 5.73 Å². The topological polar surface area (TPSA) is 84.2 Å². The molecule has 2 unspecified atom stereocenters. The van der Waals surface area contributed by atoms with Crippen LogP contribution in [-0.4, -0.2) is 17.9 Å². The van der Waals surface area contributed by atoms with E-state index < -0.39 is 6.04 Å². The number of benzene rings is 4. The molecule has 2 atom stereocenters. The Kier molecular flexibility index (Phi) is 12.8. The number of hydrogen-bond donors (Lipinski definition) is 3. The molecule has 0 aromatic heterocycles. The third-order valence-corrected chi connectivity index (χ3v) is 8.27. The van der Waals surface area contributed by atoms with Crippen molar-refractivity contribution in [1.29, 1.82) is 0 Å². The van der Waals surface area contributed by atoms with Crippen LogP contribution < -0.4 is 16.4 Å². The van der Waals surface area contributed by atoms with E-state index in [0.717, 1.165) is 35.2 Å². The van der Waals surface area contributed by atoms with Crippen LogP contribution in [0.2, 0.25) is 0 Å². The summed E-state index contributed by atoms with van der Waals surface area (Å²) in [4.78, 5) is 24.9. The molecule has 2 amide bonds. The van der Waals surface area contributed by atoms with Crippen molar-refractivity contribution in [2.75, 3.05) is 5.32 Å². The highest BCUT2D eigenvalue weighted by Gasteiger charge is 2.25. The first-order valence-electron chi connectivity index (χ1n) is 16.1. The summed E-state index contributed by atoms with van der Waals surface area (Å²) in [7, 11) is 0. The van der Waals surface area contributed by atoms with Crippen LogP contribution in [0.4, 0.5) is 5.69 Å². The maximum absolute atomic E-state index is 13.3. The van der Waals surface area contributed by atoms with Crippen LogP contribution in [0.25, 0.3) is 0 Å². The molecule has 0 radical (unpaired) electrons. The van der Waals surface area contributed by atoms with E-state index in [9.17, 15) is 9.59 Å². The molecule has 0 spiro atoms. The zero-order valence-corrected chi connectivity index (χ0v) is 26.1. The second-order valence-corrected chi connectivity index (χ2v) is 11.8. The quantitative estimate of drug-likeness (QED) is 0.173. The molecule has 4 aromatic rings. The Morgan fingerprint density at radius 1 is 0.727 bits per heavy atom.